The molecular formula is C2H5EuO3+2. The normalized spacial score (nSPS) is 4.17. The molecule has 0 fully saturated rings. The van der Waals surface area contributed by atoms with Crippen molar-refractivity contribution < 1.29 is 64.8 Å². The minimum atomic E-state index is -1.08. The summed E-state index contributed by atoms with van der Waals surface area (Å²) < 4.78 is 0. The standard InChI is InChI=1S/C2H4O2.Eu.H2O/c1-2(3)4;;/h1H3,(H,3,4);;1H2/q;+3;/p-1. The Kier molecular flexibility index (Phi) is 24.6. The van der Waals surface area contributed by atoms with Crippen molar-refractivity contribution in [2.24, 2.45) is 0 Å². The molecule has 0 bridgehead atoms. The molecule has 4 heteroatoms. The van der Waals surface area contributed by atoms with Crippen LogP contribution in [0.5, 0.6) is 0 Å². The van der Waals surface area contributed by atoms with Gasteiger partial charge in [0.05, 0.1) is 0 Å². The first-order valence-corrected chi connectivity index (χ1v) is 0.908. The van der Waals surface area contributed by atoms with E-state index in [4.69, 9.17) is 9.90 Å². The SMILES string of the molecule is CC(=O)[O-].O.[Eu+3]. The molecule has 0 saturated carbocycles. The summed E-state index contributed by atoms with van der Waals surface area (Å²) >= 11 is 0. The van der Waals surface area contributed by atoms with E-state index < -0.39 is 5.97 Å². The number of rotatable bonds is 0. The molecule has 0 aromatic carbocycles. The number of carboxylic acid groups (broad SMARTS) is 1. The summed E-state index contributed by atoms with van der Waals surface area (Å²) in [5.41, 5.74) is 0. The van der Waals surface area contributed by atoms with Crippen LogP contribution in [0.3, 0.4) is 0 Å². The van der Waals surface area contributed by atoms with E-state index in [0.29, 0.717) is 0 Å². The average molecular weight is 229 g/mol. The summed E-state index contributed by atoms with van der Waals surface area (Å²) in [6.45, 7) is 0.972. The number of aliphatic carboxylic acids is 1. The maximum atomic E-state index is 8.89. The third-order valence-electron chi connectivity index (χ3n) is 0. The van der Waals surface area contributed by atoms with Gasteiger partial charge in [-0.25, -0.2) is 0 Å². The molecule has 2 N–H and O–H groups in total. The van der Waals surface area contributed by atoms with Gasteiger partial charge in [0.25, 0.3) is 0 Å². The molecule has 6 heavy (non-hydrogen) atoms. The Morgan fingerprint density at radius 1 is 1.67 bits per heavy atom. The van der Waals surface area contributed by atoms with Gasteiger partial charge in [0.1, 0.15) is 0 Å². The molecule has 0 spiro atoms. The van der Waals surface area contributed by atoms with Gasteiger partial charge in [0.2, 0.25) is 0 Å². The molecule has 3 nitrogen and oxygen atoms in total. The number of carbonyl (C=O) groups excluding carboxylic acids is 1. The van der Waals surface area contributed by atoms with Gasteiger partial charge in [-0.1, -0.05) is 0 Å². The number of carbonyl (C=O) groups is 1. The van der Waals surface area contributed by atoms with E-state index in [1.54, 1.807) is 0 Å². The Morgan fingerprint density at radius 2 is 1.67 bits per heavy atom. The predicted octanol–water partition coefficient (Wildman–Crippen LogP) is -2.07. The van der Waals surface area contributed by atoms with Crippen molar-refractivity contribution in [3.8, 4) is 0 Å². The quantitative estimate of drug-likeness (QED) is 0.478. The summed E-state index contributed by atoms with van der Waals surface area (Å²) in [4.78, 5) is 8.89. The third kappa shape index (κ3) is 78.5. The zero-order valence-corrected chi connectivity index (χ0v) is 5.62. The van der Waals surface area contributed by atoms with E-state index in [1.807, 2.05) is 0 Å². The molecular weight excluding hydrogens is 224 g/mol. The van der Waals surface area contributed by atoms with Gasteiger partial charge >= 0.3 is 49.4 Å². The topological polar surface area (TPSA) is 71.6 Å². The van der Waals surface area contributed by atoms with Crippen LogP contribution in [0.4, 0.5) is 0 Å². The van der Waals surface area contributed by atoms with Crippen LogP contribution in [0.15, 0.2) is 0 Å². The molecule has 0 heterocycles. The molecule has 0 unspecified atom stereocenters. The third-order valence-corrected chi connectivity index (χ3v) is 0. The van der Waals surface area contributed by atoms with Gasteiger partial charge in [-0.05, 0) is 6.92 Å². The molecule has 0 aromatic rings. The zero-order valence-electron chi connectivity index (χ0n) is 3.19. The van der Waals surface area contributed by atoms with E-state index in [9.17, 15) is 0 Å². The van der Waals surface area contributed by atoms with Crippen molar-refractivity contribution in [3.63, 3.8) is 0 Å². The van der Waals surface area contributed by atoms with Crippen molar-refractivity contribution in [1.82, 2.24) is 0 Å². The van der Waals surface area contributed by atoms with Crippen LogP contribution in [0, 0.1) is 49.4 Å². The first-order valence-electron chi connectivity index (χ1n) is 0.908. The summed E-state index contributed by atoms with van der Waals surface area (Å²) in [6.07, 6.45) is 0. The molecule has 0 aliphatic carbocycles. The zero-order chi connectivity index (χ0) is 3.58. The number of carboxylic acids is 1. The van der Waals surface area contributed by atoms with Crippen molar-refractivity contribution in [2.75, 3.05) is 0 Å². The maximum Gasteiger partial charge on any atom is 3.00 e. The van der Waals surface area contributed by atoms with Crippen LogP contribution in [0.25, 0.3) is 0 Å². The van der Waals surface area contributed by atoms with E-state index in [1.165, 1.54) is 0 Å². The van der Waals surface area contributed by atoms with E-state index in [2.05, 4.69) is 0 Å². The fourth-order valence-corrected chi connectivity index (χ4v) is 0. The van der Waals surface area contributed by atoms with Crippen LogP contribution in [-0.4, -0.2) is 11.4 Å². The molecule has 0 aromatic heterocycles. The molecule has 36 valence electrons. The summed E-state index contributed by atoms with van der Waals surface area (Å²) in [5, 5.41) is 8.89. The van der Waals surface area contributed by atoms with Gasteiger partial charge in [-0.2, -0.15) is 0 Å². The summed E-state index contributed by atoms with van der Waals surface area (Å²) in [7, 11) is 0. The molecule has 0 amide bonds. The fourth-order valence-electron chi connectivity index (χ4n) is 0. The van der Waals surface area contributed by atoms with Crippen LogP contribution in [0.1, 0.15) is 6.92 Å². The second-order valence-electron chi connectivity index (χ2n) is 0.492. The Morgan fingerprint density at radius 3 is 1.67 bits per heavy atom. The molecule has 0 saturated heterocycles. The molecule has 0 atom stereocenters. The molecule has 0 rings (SSSR count). The van der Waals surface area contributed by atoms with Crippen LogP contribution >= 0.6 is 0 Å². The van der Waals surface area contributed by atoms with Crippen molar-refractivity contribution in [2.45, 2.75) is 6.92 Å². The van der Waals surface area contributed by atoms with Crippen molar-refractivity contribution in [1.29, 1.82) is 0 Å². The Bertz CT molecular complexity index is 31.8. The van der Waals surface area contributed by atoms with Crippen LogP contribution in [-0.2, 0) is 4.79 Å². The van der Waals surface area contributed by atoms with E-state index in [-0.39, 0.29) is 54.9 Å². The monoisotopic (exact) mass is 230 g/mol. The second kappa shape index (κ2) is 9.38. The van der Waals surface area contributed by atoms with Gasteiger partial charge in [0, 0.05) is 5.97 Å². The summed E-state index contributed by atoms with van der Waals surface area (Å²) in [6, 6.07) is 0. The van der Waals surface area contributed by atoms with Crippen LogP contribution in [0.2, 0.25) is 0 Å². The van der Waals surface area contributed by atoms with Gasteiger partial charge in [-0.3, -0.25) is 0 Å². The Balaban J connectivity index is -0.0000000450. The number of hydrogen-bond donors (Lipinski definition) is 0. The fraction of sp³-hybridized carbons (Fsp3) is 0.500. The van der Waals surface area contributed by atoms with E-state index >= 15 is 0 Å². The minimum absolute atomic E-state index is 0. The first kappa shape index (κ1) is 15.7. The van der Waals surface area contributed by atoms with E-state index in [0.717, 1.165) is 6.92 Å². The second-order valence-corrected chi connectivity index (χ2v) is 0.492. The largest absolute Gasteiger partial charge is 3.00 e. The van der Waals surface area contributed by atoms with Crippen LogP contribution < -0.4 is 5.11 Å². The van der Waals surface area contributed by atoms with Gasteiger partial charge in [-0.15, -0.1) is 0 Å². The van der Waals surface area contributed by atoms with Crippen molar-refractivity contribution in [3.05, 3.63) is 0 Å². The summed E-state index contributed by atoms with van der Waals surface area (Å²) in [5.74, 6) is -1.08. The molecule has 0 radical (unpaired) electrons. The smallest absolute Gasteiger partial charge is 0.550 e. The maximum absolute atomic E-state index is 8.89. The molecule has 0 aliphatic heterocycles. The average Bonchev–Trinajstić information content (AvgIpc) is 0.811. The number of hydrogen-bond acceptors (Lipinski definition) is 2. The molecule has 0 aliphatic rings. The Hall–Kier alpha value is 1.01. The predicted molar refractivity (Wildman–Crippen MR) is 14.3 cm³/mol. The minimum Gasteiger partial charge on any atom is -0.550 e. The van der Waals surface area contributed by atoms with Gasteiger partial charge < -0.3 is 15.4 Å². The van der Waals surface area contributed by atoms with Crippen molar-refractivity contribution >= 4 is 5.97 Å². The van der Waals surface area contributed by atoms with Gasteiger partial charge in [0.15, 0.2) is 0 Å². The first-order chi connectivity index (χ1) is 1.73. The Labute approximate surface area is 76.6 Å².